The van der Waals surface area contributed by atoms with Crippen molar-refractivity contribution in [3.8, 4) is 0 Å². The Kier molecular flexibility index (Phi) is 6.09. The van der Waals surface area contributed by atoms with Gasteiger partial charge in [-0.2, -0.15) is 0 Å². The van der Waals surface area contributed by atoms with Crippen LogP contribution in [-0.4, -0.2) is 31.6 Å². The number of sulfonamides is 1. The van der Waals surface area contributed by atoms with E-state index in [9.17, 15) is 13.2 Å². The summed E-state index contributed by atoms with van der Waals surface area (Å²) in [6.45, 7) is 4.20. The largest absolute Gasteiger partial charge is 0.351 e. The van der Waals surface area contributed by atoms with Crippen LogP contribution in [-0.2, 0) is 21.4 Å². The molecular formula is C13H21N3O3S. The Morgan fingerprint density at radius 3 is 2.60 bits per heavy atom. The molecule has 1 rings (SSSR count). The van der Waals surface area contributed by atoms with Gasteiger partial charge in [-0.25, -0.2) is 13.1 Å². The molecule has 1 heterocycles. The first-order valence-electron chi connectivity index (χ1n) is 6.42. The summed E-state index contributed by atoms with van der Waals surface area (Å²) in [7, 11) is -3.42. The van der Waals surface area contributed by atoms with Crippen LogP contribution < -0.4 is 10.0 Å². The topological polar surface area (TPSA) is 88.2 Å². The highest BCUT2D eigenvalue weighted by molar-refractivity contribution is 7.88. The van der Waals surface area contributed by atoms with Crippen molar-refractivity contribution < 1.29 is 13.2 Å². The predicted octanol–water partition coefficient (Wildman–Crippen LogP) is 0.662. The molecule has 1 unspecified atom stereocenters. The van der Waals surface area contributed by atoms with Gasteiger partial charge in [-0.15, -0.1) is 0 Å². The van der Waals surface area contributed by atoms with Crippen molar-refractivity contribution >= 4 is 15.9 Å². The number of carbonyl (C=O) groups excluding carboxylic acids is 1. The third kappa shape index (κ3) is 6.63. The number of hydrogen-bond acceptors (Lipinski definition) is 4. The Balaban J connectivity index is 2.63. The fourth-order valence-corrected chi connectivity index (χ4v) is 2.47. The first-order chi connectivity index (χ1) is 9.28. The van der Waals surface area contributed by atoms with Crippen LogP contribution in [0.3, 0.4) is 0 Å². The van der Waals surface area contributed by atoms with E-state index in [1.165, 1.54) is 0 Å². The Morgan fingerprint density at radius 1 is 1.40 bits per heavy atom. The molecule has 1 amide bonds. The van der Waals surface area contributed by atoms with Crippen molar-refractivity contribution in [3.63, 3.8) is 0 Å². The molecular weight excluding hydrogens is 278 g/mol. The predicted molar refractivity (Wildman–Crippen MR) is 77.3 cm³/mol. The molecule has 0 radical (unpaired) electrons. The molecule has 0 bridgehead atoms. The SMILES string of the molecule is CC(C)CC(NS(C)(=O)=O)C(=O)NCc1cccnc1. The molecule has 0 aliphatic heterocycles. The summed E-state index contributed by atoms with van der Waals surface area (Å²) >= 11 is 0. The number of hydrogen-bond donors (Lipinski definition) is 2. The smallest absolute Gasteiger partial charge is 0.238 e. The summed E-state index contributed by atoms with van der Waals surface area (Å²) < 4.78 is 25.0. The van der Waals surface area contributed by atoms with Crippen molar-refractivity contribution in [3.05, 3.63) is 30.1 Å². The minimum atomic E-state index is -3.42. The molecule has 0 aliphatic carbocycles. The fourth-order valence-electron chi connectivity index (χ4n) is 1.75. The van der Waals surface area contributed by atoms with Gasteiger partial charge in [0.15, 0.2) is 0 Å². The average Bonchev–Trinajstić information content (AvgIpc) is 2.34. The summed E-state index contributed by atoms with van der Waals surface area (Å²) in [4.78, 5) is 16.0. The highest BCUT2D eigenvalue weighted by atomic mass is 32.2. The molecule has 6 nitrogen and oxygen atoms in total. The average molecular weight is 299 g/mol. The van der Waals surface area contributed by atoms with Crippen molar-refractivity contribution in [1.29, 1.82) is 0 Å². The van der Waals surface area contributed by atoms with Gasteiger partial charge in [0.05, 0.1) is 6.26 Å². The van der Waals surface area contributed by atoms with Crippen LogP contribution in [0.4, 0.5) is 0 Å². The number of nitrogens with zero attached hydrogens (tertiary/aromatic N) is 1. The lowest BCUT2D eigenvalue weighted by molar-refractivity contribution is -0.123. The molecule has 2 N–H and O–H groups in total. The van der Waals surface area contributed by atoms with Crippen LogP contribution in [0.1, 0.15) is 25.8 Å². The number of pyridine rings is 1. The normalized spacial score (nSPS) is 13.2. The minimum absolute atomic E-state index is 0.207. The highest BCUT2D eigenvalue weighted by Gasteiger charge is 2.22. The van der Waals surface area contributed by atoms with Crippen LogP contribution in [0, 0.1) is 5.92 Å². The van der Waals surface area contributed by atoms with Crippen molar-refractivity contribution in [2.75, 3.05) is 6.26 Å². The molecule has 1 aromatic rings. The van der Waals surface area contributed by atoms with E-state index in [0.717, 1.165) is 11.8 Å². The van der Waals surface area contributed by atoms with Gasteiger partial charge in [-0.1, -0.05) is 19.9 Å². The summed E-state index contributed by atoms with van der Waals surface area (Å²) in [6, 6.07) is 2.87. The number of nitrogens with one attached hydrogen (secondary N) is 2. The zero-order valence-corrected chi connectivity index (χ0v) is 12.8. The van der Waals surface area contributed by atoms with Crippen molar-refractivity contribution in [2.24, 2.45) is 5.92 Å². The number of amides is 1. The van der Waals surface area contributed by atoms with E-state index in [4.69, 9.17) is 0 Å². The van der Waals surface area contributed by atoms with Gasteiger partial charge < -0.3 is 5.32 Å². The van der Waals surface area contributed by atoms with Crippen molar-refractivity contribution in [1.82, 2.24) is 15.0 Å². The molecule has 0 fully saturated rings. The van der Waals surface area contributed by atoms with Gasteiger partial charge in [0.2, 0.25) is 15.9 Å². The molecule has 0 saturated heterocycles. The molecule has 0 aliphatic rings. The van der Waals surface area contributed by atoms with Crippen LogP contribution in [0.25, 0.3) is 0 Å². The highest BCUT2D eigenvalue weighted by Crippen LogP contribution is 2.06. The summed E-state index contributed by atoms with van der Waals surface area (Å²) in [5.41, 5.74) is 0.864. The molecule has 20 heavy (non-hydrogen) atoms. The fraction of sp³-hybridized carbons (Fsp3) is 0.538. The van der Waals surface area contributed by atoms with E-state index < -0.39 is 16.1 Å². The van der Waals surface area contributed by atoms with E-state index in [0.29, 0.717) is 13.0 Å². The van der Waals surface area contributed by atoms with E-state index >= 15 is 0 Å². The second kappa shape index (κ2) is 7.35. The van der Waals surface area contributed by atoms with Gasteiger partial charge in [0.1, 0.15) is 6.04 Å². The molecule has 7 heteroatoms. The van der Waals surface area contributed by atoms with E-state index in [2.05, 4.69) is 15.0 Å². The maximum absolute atomic E-state index is 12.1. The molecule has 0 aromatic carbocycles. The Hall–Kier alpha value is -1.47. The first-order valence-corrected chi connectivity index (χ1v) is 8.31. The van der Waals surface area contributed by atoms with Gasteiger partial charge in [0.25, 0.3) is 0 Å². The van der Waals surface area contributed by atoms with Gasteiger partial charge in [-0.3, -0.25) is 9.78 Å². The van der Waals surface area contributed by atoms with Gasteiger partial charge in [0, 0.05) is 18.9 Å². The third-order valence-electron chi connectivity index (χ3n) is 2.57. The van der Waals surface area contributed by atoms with E-state index in [1.807, 2.05) is 19.9 Å². The number of aromatic nitrogens is 1. The molecule has 0 spiro atoms. The molecule has 1 atom stereocenters. The van der Waals surface area contributed by atoms with Gasteiger partial charge >= 0.3 is 0 Å². The number of carbonyl (C=O) groups is 1. The monoisotopic (exact) mass is 299 g/mol. The van der Waals surface area contributed by atoms with Crippen molar-refractivity contribution in [2.45, 2.75) is 32.9 Å². The quantitative estimate of drug-likeness (QED) is 0.774. The second-order valence-corrected chi connectivity index (χ2v) is 6.93. The van der Waals surface area contributed by atoms with Crippen LogP contribution in [0.5, 0.6) is 0 Å². The summed E-state index contributed by atoms with van der Waals surface area (Å²) in [5, 5.41) is 2.72. The molecule has 112 valence electrons. The maximum atomic E-state index is 12.1. The number of rotatable bonds is 7. The summed E-state index contributed by atoms with van der Waals surface area (Å²) in [6.07, 6.45) is 4.81. The summed E-state index contributed by atoms with van der Waals surface area (Å²) in [5.74, 6) is -0.119. The standard InChI is InChI=1S/C13H21N3O3S/c1-10(2)7-12(16-20(3,18)19)13(17)15-9-11-5-4-6-14-8-11/h4-6,8,10,12,16H,7,9H2,1-3H3,(H,15,17). The Labute approximate surface area is 120 Å². The lowest BCUT2D eigenvalue weighted by Crippen LogP contribution is -2.46. The zero-order valence-electron chi connectivity index (χ0n) is 12.0. The van der Waals surface area contributed by atoms with Crippen LogP contribution in [0.2, 0.25) is 0 Å². The third-order valence-corrected chi connectivity index (χ3v) is 3.28. The van der Waals surface area contributed by atoms with Crippen LogP contribution >= 0.6 is 0 Å². The Morgan fingerprint density at radius 2 is 2.10 bits per heavy atom. The van der Waals surface area contributed by atoms with Crippen LogP contribution in [0.15, 0.2) is 24.5 Å². The molecule has 1 aromatic heterocycles. The minimum Gasteiger partial charge on any atom is -0.351 e. The maximum Gasteiger partial charge on any atom is 0.238 e. The first kappa shape index (κ1) is 16.6. The van der Waals surface area contributed by atoms with Gasteiger partial charge in [-0.05, 0) is 24.0 Å². The Bertz CT molecular complexity index is 529. The van der Waals surface area contributed by atoms with E-state index in [1.54, 1.807) is 18.5 Å². The second-order valence-electron chi connectivity index (χ2n) is 5.15. The lowest BCUT2D eigenvalue weighted by atomic mass is 10.0. The lowest BCUT2D eigenvalue weighted by Gasteiger charge is -2.19. The zero-order chi connectivity index (χ0) is 15.2. The van der Waals surface area contributed by atoms with E-state index in [-0.39, 0.29) is 11.8 Å². The molecule has 0 saturated carbocycles.